The predicted octanol–water partition coefficient (Wildman–Crippen LogP) is 2.25. The van der Waals surface area contributed by atoms with Crippen LogP contribution in [-0.4, -0.2) is 13.4 Å². The number of nitrogens with zero attached hydrogens (tertiary/aromatic N) is 1. The summed E-state index contributed by atoms with van der Waals surface area (Å²) in [4.78, 5) is 4.34. The predicted molar refractivity (Wildman–Crippen MR) is 75.5 cm³/mol. The van der Waals surface area contributed by atoms with Gasteiger partial charge in [0.25, 0.3) is 0 Å². The van der Waals surface area contributed by atoms with E-state index in [1.807, 2.05) is 13.0 Å². The number of anilines is 1. The Morgan fingerprint density at radius 3 is 2.53 bits per heavy atom. The highest BCUT2D eigenvalue weighted by Crippen LogP contribution is 2.22. The highest BCUT2D eigenvalue weighted by molar-refractivity contribution is 7.90. The molecule has 1 heterocycles. The number of aryl methyl sites for hydroxylation is 2. The first-order valence-electron chi connectivity index (χ1n) is 5.88. The molecule has 0 saturated heterocycles. The summed E-state index contributed by atoms with van der Waals surface area (Å²) in [5, 5.41) is 0. The number of sulfone groups is 1. The Hall–Kier alpha value is -1.88. The molecule has 0 aliphatic rings. The first-order chi connectivity index (χ1) is 8.88. The molecule has 2 rings (SSSR count). The van der Waals surface area contributed by atoms with Crippen molar-refractivity contribution in [2.75, 3.05) is 5.73 Å². The molecular weight excluding hydrogens is 260 g/mol. The van der Waals surface area contributed by atoms with Gasteiger partial charge in [-0.25, -0.2) is 8.42 Å². The number of rotatable bonds is 3. The van der Waals surface area contributed by atoms with E-state index in [1.165, 1.54) is 0 Å². The Labute approximate surface area is 113 Å². The number of hydrogen-bond acceptors (Lipinski definition) is 4. The van der Waals surface area contributed by atoms with Crippen molar-refractivity contribution in [3.63, 3.8) is 0 Å². The molecule has 0 fully saturated rings. The third-order valence-corrected chi connectivity index (χ3v) is 4.66. The summed E-state index contributed by atoms with van der Waals surface area (Å²) in [5.41, 5.74) is 8.51. The van der Waals surface area contributed by atoms with Gasteiger partial charge in [-0.05, 0) is 48.7 Å². The van der Waals surface area contributed by atoms with Crippen LogP contribution in [0.1, 0.15) is 16.7 Å². The second kappa shape index (κ2) is 5.01. The molecule has 100 valence electrons. The smallest absolute Gasteiger partial charge is 0.182 e. The molecule has 5 heteroatoms. The van der Waals surface area contributed by atoms with Gasteiger partial charge in [0.2, 0.25) is 0 Å². The summed E-state index contributed by atoms with van der Waals surface area (Å²) in [5.74, 6) is -0.0492. The van der Waals surface area contributed by atoms with Crippen molar-refractivity contribution in [2.24, 2.45) is 0 Å². The Morgan fingerprint density at radius 1 is 1.16 bits per heavy atom. The number of hydrogen-bond donors (Lipinski definition) is 1. The summed E-state index contributed by atoms with van der Waals surface area (Å²) in [7, 11) is -3.37. The van der Waals surface area contributed by atoms with Gasteiger partial charge < -0.3 is 5.73 Å². The number of nitrogen functional groups attached to an aromatic ring is 1. The van der Waals surface area contributed by atoms with Crippen LogP contribution in [-0.2, 0) is 15.6 Å². The Balaban J connectivity index is 2.38. The zero-order valence-electron chi connectivity index (χ0n) is 10.9. The highest BCUT2D eigenvalue weighted by Gasteiger charge is 2.18. The van der Waals surface area contributed by atoms with E-state index in [0.717, 1.165) is 5.56 Å². The molecule has 0 aliphatic carbocycles. The van der Waals surface area contributed by atoms with Gasteiger partial charge in [-0.3, -0.25) is 4.98 Å². The second-order valence-electron chi connectivity index (χ2n) is 4.65. The maximum atomic E-state index is 12.4. The lowest BCUT2D eigenvalue weighted by atomic mass is 10.2. The van der Waals surface area contributed by atoms with Crippen molar-refractivity contribution in [2.45, 2.75) is 24.5 Å². The lowest BCUT2D eigenvalue weighted by molar-refractivity contribution is 0.594. The Morgan fingerprint density at radius 2 is 1.89 bits per heavy atom. The fraction of sp³-hybridized carbons (Fsp3) is 0.214. The first-order valence-corrected chi connectivity index (χ1v) is 7.53. The van der Waals surface area contributed by atoms with Gasteiger partial charge in [-0.1, -0.05) is 6.07 Å². The summed E-state index contributed by atoms with van der Waals surface area (Å²) in [6.45, 7) is 3.63. The molecule has 0 atom stereocenters. The van der Waals surface area contributed by atoms with Crippen molar-refractivity contribution in [3.8, 4) is 0 Å². The quantitative estimate of drug-likeness (QED) is 0.873. The van der Waals surface area contributed by atoms with E-state index in [2.05, 4.69) is 4.98 Å². The zero-order valence-corrected chi connectivity index (χ0v) is 11.7. The van der Waals surface area contributed by atoms with Gasteiger partial charge in [0.1, 0.15) is 0 Å². The van der Waals surface area contributed by atoms with Crippen LogP contribution >= 0.6 is 0 Å². The summed E-state index contributed by atoms with van der Waals surface area (Å²) < 4.78 is 24.8. The minimum atomic E-state index is -3.37. The molecule has 1 aromatic carbocycles. The molecule has 0 spiro atoms. The van der Waals surface area contributed by atoms with Crippen LogP contribution in [0.3, 0.4) is 0 Å². The van der Waals surface area contributed by atoms with E-state index in [1.54, 1.807) is 37.5 Å². The van der Waals surface area contributed by atoms with Crippen LogP contribution < -0.4 is 5.73 Å². The number of pyridine rings is 1. The van der Waals surface area contributed by atoms with E-state index < -0.39 is 9.84 Å². The third kappa shape index (κ3) is 3.12. The third-order valence-electron chi connectivity index (χ3n) is 2.82. The monoisotopic (exact) mass is 276 g/mol. The van der Waals surface area contributed by atoms with Crippen LogP contribution in [0.4, 0.5) is 5.69 Å². The molecule has 0 bridgehead atoms. The van der Waals surface area contributed by atoms with Crippen molar-refractivity contribution >= 4 is 15.5 Å². The average Bonchev–Trinajstić information content (AvgIpc) is 2.27. The number of benzene rings is 1. The molecule has 0 radical (unpaired) electrons. The molecule has 0 unspecified atom stereocenters. The zero-order chi connectivity index (χ0) is 14.0. The van der Waals surface area contributed by atoms with Crippen molar-refractivity contribution < 1.29 is 8.42 Å². The van der Waals surface area contributed by atoms with E-state index >= 15 is 0 Å². The van der Waals surface area contributed by atoms with Gasteiger partial charge in [0.05, 0.1) is 10.6 Å². The minimum Gasteiger partial charge on any atom is -0.399 e. The molecule has 2 aromatic rings. The van der Waals surface area contributed by atoms with Gasteiger partial charge >= 0.3 is 0 Å². The van der Waals surface area contributed by atoms with Gasteiger partial charge in [0.15, 0.2) is 9.84 Å². The van der Waals surface area contributed by atoms with Crippen LogP contribution in [0.25, 0.3) is 0 Å². The van der Waals surface area contributed by atoms with E-state index in [9.17, 15) is 8.42 Å². The molecular formula is C14H16N2O2S. The van der Waals surface area contributed by atoms with Crippen molar-refractivity contribution in [1.29, 1.82) is 0 Å². The van der Waals surface area contributed by atoms with E-state index in [-0.39, 0.29) is 5.75 Å². The summed E-state index contributed by atoms with van der Waals surface area (Å²) in [6.07, 6.45) is 3.28. The summed E-state index contributed by atoms with van der Waals surface area (Å²) >= 11 is 0. The van der Waals surface area contributed by atoms with Crippen molar-refractivity contribution in [1.82, 2.24) is 4.98 Å². The first kappa shape index (κ1) is 13.5. The average molecular weight is 276 g/mol. The molecule has 0 saturated carbocycles. The van der Waals surface area contributed by atoms with Crippen molar-refractivity contribution in [3.05, 3.63) is 53.3 Å². The van der Waals surface area contributed by atoms with Gasteiger partial charge in [-0.2, -0.15) is 0 Å². The maximum absolute atomic E-state index is 12.4. The van der Waals surface area contributed by atoms with Crippen LogP contribution in [0.15, 0.2) is 41.6 Å². The molecule has 0 aliphatic heterocycles. The normalized spacial score (nSPS) is 11.5. The number of nitrogens with two attached hydrogens (primary N) is 1. The lowest BCUT2D eigenvalue weighted by Gasteiger charge is -2.08. The van der Waals surface area contributed by atoms with E-state index in [0.29, 0.717) is 21.7 Å². The molecule has 4 nitrogen and oxygen atoms in total. The van der Waals surface area contributed by atoms with Crippen LogP contribution in [0.5, 0.6) is 0 Å². The van der Waals surface area contributed by atoms with Crippen LogP contribution in [0.2, 0.25) is 0 Å². The lowest BCUT2D eigenvalue weighted by Crippen LogP contribution is -2.07. The topological polar surface area (TPSA) is 73.0 Å². The fourth-order valence-corrected chi connectivity index (χ4v) is 3.59. The SMILES string of the molecule is Cc1cncc(CS(=O)(=O)c2ccc(N)cc2C)c1. The van der Waals surface area contributed by atoms with Gasteiger partial charge in [-0.15, -0.1) is 0 Å². The highest BCUT2D eigenvalue weighted by atomic mass is 32.2. The number of aromatic nitrogens is 1. The Bertz CT molecular complexity index is 709. The standard InChI is InChI=1S/C14H16N2O2S/c1-10-5-12(8-16-7-10)9-19(17,18)14-4-3-13(15)6-11(14)2/h3-8H,9,15H2,1-2H3. The molecule has 19 heavy (non-hydrogen) atoms. The summed E-state index contributed by atoms with van der Waals surface area (Å²) in [6, 6.07) is 6.66. The fourth-order valence-electron chi connectivity index (χ4n) is 2.02. The molecule has 2 N–H and O–H groups in total. The van der Waals surface area contributed by atoms with Gasteiger partial charge in [0, 0.05) is 18.1 Å². The molecule has 1 aromatic heterocycles. The largest absolute Gasteiger partial charge is 0.399 e. The van der Waals surface area contributed by atoms with E-state index in [4.69, 9.17) is 5.73 Å². The second-order valence-corrected chi connectivity index (χ2v) is 6.61. The Kier molecular flexibility index (Phi) is 3.57. The van der Waals surface area contributed by atoms with Crippen LogP contribution in [0, 0.1) is 13.8 Å². The minimum absolute atomic E-state index is 0.0492. The molecule has 0 amide bonds. The maximum Gasteiger partial charge on any atom is 0.182 e.